The van der Waals surface area contributed by atoms with Crippen molar-refractivity contribution < 1.29 is 9.21 Å². The largest absolute Gasteiger partial charge is 0.467 e. The molecule has 2 aromatic heterocycles. The zero-order valence-electron chi connectivity index (χ0n) is 15.2. The fourth-order valence-corrected chi connectivity index (χ4v) is 3.32. The van der Waals surface area contributed by atoms with E-state index >= 15 is 0 Å². The Bertz CT molecular complexity index is 922. The predicted octanol–water partition coefficient (Wildman–Crippen LogP) is 3.30. The second-order valence-corrected chi connectivity index (χ2v) is 6.92. The maximum absolute atomic E-state index is 12.7. The Morgan fingerprint density at radius 3 is 2.57 bits per heavy atom. The first-order chi connectivity index (χ1) is 13.7. The highest BCUT2D eigenvalue weighted by atomic mass is 35.5. The van der Waals surface area contributed by atoms with Crippen LogP contribution in [0.15, 0.2) is 59.5 Å². The van der Waals surface area contributed by atoms with E-state index in [-0.39, 0.29) is 5.91 Å². The molecule has 4 rings (SSSR count). The van der Waals surface area contributed by atoms with Gasteiger partial charge in [-0.1, -0.05) is 17.7 Å². The Morgan fingerprint density at radius 2 is 1.89 bits per heavy atom. The summed E-state index contributed by atoms with van der Waals surface area (Å²) in [5.74, 6) is 1.20. The predicted molar refractivity (Wildman–Crippen MR) is 108 cm³/mol. The quantitative estimate of drug-likeness (QED) is 0.712. The van der Waals surface area contributed by atoms with E-state index in [1.54, 1.807) is 18.7 Å². The fraction of sp³-hybridized carbons (Fsp3) is 0.250. The number of piperazine rings is 1. The third-order valence-electron chi connectivity index (χ3n) is 4.64. The highest BCUT2D eigenvalue weighted by Crippen LogP contribution is 2.21. The molecule has 3 heterocycles. The van der Waals surface area contributed by atoms with E-state index in [1.807, 2.05) is 41.3 Å². The summed E-state index contributed by atoms with van der Waals surface area (Å²) < 4.78 is 5.25. The number of nitrogens with zero attached hydrogens (tertiary/aromatic N) is 4. The highest BCUT2D eigenvalue weighted by Gasteiger charge is 2.23. The third-order valence-corrected chi connectivity index (χ3v) is 4.87. The van der Waals surface area contributed by atoms with Gasteiger partial charge in [0, 0.05) is 49.3 Å². The van der Waals surface area contributed by atoms with Crippen LogP contribution in [0.3, 0.4) is 0 Å². The number of furan rings is 1. The highest BCUT2D eigenvalue weighted by molar-refractivity contribution is 6.30. The first-order valence-electron chi connectivity index (χ1n) is 9.07. The zero-order valence-corrected chi connectivity index (χ0v) is 16.0. The molecule has 144 valence electrons. The molecule has 1 N–H and O–H groups in total. The van der Waals surface area contributed by atoms with Crippen molar-refractivity contribution in [3.05, 3.63) is 71.4 Å². The molecule has 1 aliphatic heterocycles. The minimum Gasteiger partial charge on any atom is -0.467 e. The van der Waals surface area contributed by atoms with Gasteiger partial charge in [-0.25, -0.2) is 9.97 Å². The van der Waals surface area contributed by atoms with E-state index in [0.29, 0.717) is 36.2 Å². The van der Waals surface area contributed by atoms with Gasteiger partial charge in [-0.2, -0.15) is 0 Å². The summed E-state index contributed by atoms with van der Waals surface area (Å²) in [4.78, 5) is 25.2. The first-order valence-corrected chi connectivity index (χ1v) is 9.45. The Balaban J connectivity index is 1.32. The number of rotatable bonds is 5. The molecule has 28 heavy (non-hydrogen) atoms. The van der Waals surface area contributed by atoms with Crippen molar-refractivity contribution >= 4 is 29.1 Å². The van der Waals surface area contributed by atoms with Gasteiger partial charge >= 0.3 is 0 Å². The molecule has 1 saturated heterocycles. The molecule has 1 aromatic carbocycles. The van der Waals surface area contributed by atoms with E-state index in [0.717, 1.165) is 24.5 Å². The van der Waals surface area contributed by atoms with Crippen molar-refractivity contribution in [1.29, 1.82) is 0 Å². The molecular weight excluding hydrogens is 378 g/mol. The lowest BCUT2D eigenvalue weighted by atomic mass is 10.2. The van der Waals surface area contributed by atoms with Crippen LogP contribution in [0.5, 0.6) is 0 Å². The number of nitrogens with one attached hydrogen (secondary N) is 1. The molecule has 0 unspecified atom stereocenters. The zero-order chi connectivity index (χ0) is 19.3. The monoisotopic (exact) mass is 397 g/mol. The smallest absolute Gasteiger partial charge is 0.257 e. The number of hydrogen-bond donors (Lipinski definition) is 1. The normalized spacial score (nSPS) is 14.2. The van der Waals surface area contributed by atoms with Gasteiger partial charge in [0.1, 0.15) is 5.76 Å². The molecule has 3 aromatic rings. The molecule has 8 heteroatoms. The summed E-state index contributed by atoms with van der Waals surface area (Å²) in [6.45, 7) is 3.30. The van der Waals surface area contributed by atoms with E-state index in [4.69, 9.17) is 16.0 Å². The summed E-state index contributed by atoms with van der Waals surface area (Å²) in [6, 6.07) is 11.5. The van der Waals surface area contributed by atoms with Gasteiger partial charge in [-0.3, -0.25) is 4.79 Å². The molecule has 1 amide bonds. The topological polar surface area (TPSA) is 74.5 Å². The Hall–Kier alpha value is -3.06. The minimum absolute atomic E-state index is 0.0525. The maximum atomic E-state index is 12.7. The Labute approximate surface area is 167 Å². The average molecular weight is 398 g/mol. The molecule has 0 radical (unpaired) electrons. The number of hydrogen-bond acceptors (Lipinski definition) is 6. The Kier molecular flexibility index (Phi) is 5.43. The van der Waals surface area contributed by atoms with Gasteiger partial charge in [-0.15, -0.1) is 0 Å². The van der Waals surface area contributed by atoms with Crippen LogP contribution in [0.1, 0.15) is 16.1 Å². The summed E-state index contributed by atoms with van der Waals surface area (Å²) in [5, 5.41) is 3.78. The van der Waals surface area contributed by atoms with Gasteiger partial charge in [-0.05, 0) is 30.3 Å². The molecule has 1 aliphatic rings. The fourth-order valence-electron chi connectivity index (χ4n) is 3.13. The summed E-state index contributed by atoms with van der Waals surface area (Å²) in [6.07, 6.45) is 4.73. The lowest BCUT2D eigenvalue weighted by molar-refractivity contribution is 0.0746. The summed E-state index contributed by atoms with van der Waals surface area (Å²) in [7, 11) is 0. The molecular formula is C20H20ClN5O2. The molecule has 7 nitrogen and oxygen atoms in total. The van der Waals surface area contributed by atoms with Crippen LogP contribution >= 0.6 is 11.6 Å². The van der Waals surface area contributed by atoms with E-state index in [9.17, 15) is 4.79 Å². The van der Waals surface area contributed by atoms with Crippen LogP contribution in [0.2, 0.25) is 5.02 Å². The van der Waals surface area contributed by atoms with Crippen LogP contribution in [-0.4, -0.2) is 47.0 Å². The summed E-state index contributed by atoms with van der Waals surface area (Å²) in [5.41, 5.74) is 1.56. The number of amides is 1. The number of carbonyl (C=O) groups is 1. The first kappa shape index (κ1) is 18.3. The van der Waals surface area contributed by atoms with Crippen molar-refractivity contribution in [2.45, 2.75) is 6.54 Å². The molecule has 0 bridgehead atoms. The number of anilines is 2. The van der Waals surface area contributed by atoms with E-state index < -0.39 is 0 Å². The van der Waals surface area contributed by atoms with E-state index in [2.05, 4.69) is 20.2 Å². The lowest BCUT2D eigenvalue weighted by Crippen LogP contribution is -2.48. The standard InChI is InChI=1S/C20H20ClN5O2/c21-16-3-1-4-17(11-16)25-6-8-26(9-7-25)19(27)15-12-22-20(23-13-15)24-14-18-5-2-10-28-18/h1-5,10-13H,6-9,14H2,(H,22,23,24). The number of halogens is 1. The van der Waals surface area contributed by atoms with Gasteiger partial charge in [0.05, 0.1) is 18.4 Å². The average Bonchev–Trinajstić information content (AvgIpc) is 3.26. The lowest BCUT2D eigenvalue weighted by Gasteiger charge is -2.36. The van der Waals surface area contributed by atoms with E-state index in [1.165, 1.54) is 0 Å². The second kappa shape index (κ2) is 8.31. The molecule has 0 atom stereocenters. The van der Waals surface area contributed by atoms with Gasteiger partial charge in [0.2, 0.25) is 5.95 Å². The Morgan fingerprint density at radius 1 is 1.11 bits per heavy atom. The second-order valence-electron chi connectivity index (χ2n) is 6.49. The van der Waals surface area contributed by atoms with Crippen LogP contribution < -0.4 is 10.2 Å². The maximum Gasteiger partial charge on any atom is 0.257 e. The van der Waals surface area contributed by atoms with Crippen molar-refractivity contribution in [1.82, 2.24) is 14.9 Å². The number of carbonyl (C=O) groups excluding carboxylic acids is 1. The number of benzene rings is 1. The van der Waals surface area contributed by atoms with Crippen molar-refractivity contribution in [2.75, 3.05) is 36.4 Å². The van der Waals surface area contributed by atoms with Crippen LogP contribution in [-0.2, 0) is 6.54 Å². The molecule has 1 fully saturated rings. The van der Waals surface area contributed by atoms with Gasteiger partial charge in [0.15, 0.2) is 0 Å². The van der Waals surface area contributed by atoms with Crippen LogP contribution in [0.25, 0.3) is 0 Å². The minimum atomic E-state index is -0.0525. The van der Waals surface area contributed by atoms with Crippen LogP contribution in [0, 0.1) is 0 Å². The molecule has 0 aliphatic carbocycles. The van der Waals surface area contributed by atoms with Gasteiger partial charge < -0.3 is 19.5 Å². The third kappa shape index (κ3) is 4.26. The van der Waals surface area contributed by atoms with Crippen molar-refractivity contribution in [2.24, 2.45) is 0 Å². The van der Waals surface area contributed by atoms with Crippen molar-refractivity contribution in [3.8, 4) is 0 Å². The van der Waals surface area contributed by atoms with Gasteiger partial charge in [0.25, 0.3) is 5.91 Å². The molecule has 0 saturated carbocycles. The molecule has 0 spiro atoms. The number of aromatic nitrogens is 2. The van der Waals surface area contributed by atoms with Crippen LogP contribution in [0.4, 0.5) is 11.6 Å². The SMILES string of the molecule is O=C(c1cnc(NCc2ccco2)nc1)N1CCN(c2cccc(Cl)c2)CC1. The summed E-state index contributed by atoms with van der Waals surface area (Å²) >= 11 is 6.07. The van der Waals surface area contributed by atoms with Crippen molar-refractivity contribution in [3.63, 3.8) is 0 Å².